The zero-order valence-electron chi connectivity index (χ0n) is 18.6. The van der Waals surface area contributed by atoms with Crippen molar-refractivity contribution in [2.24, 2.45) is 0 Å². The number of nitrogens with zero attached hydrogens (tertiary/aromatic N) is 6. The molecule has 1 amide bonds. The highest BCUT2D eigenvalue weighted by Gasteiger charge is 2.26. The van der Waals surface area contributed by atoms with Crippen molar-refractivity contribution >= 4 is 28.7 Å². The largest absolute Gasteiger partial charge is 0.341 e. The fourth-order valence-electron chi connectivity index (χ4n) is 4.67. The van der Waals surface area contributed by atoms with Crippen LogP contribution in [0.5, 0.6) is 0 Å². The Balaban J connectivity index is 1.49. The van der Waals surface area contributed by atoms with Gasteiger partial charge in [0.05, 0.1) is 12.1 Å². The zero-order valence-corrected chi connectivity index (χ0v) is 18.6. The van der Waals surface area contributed by atoms with E-state index in [0.717, 1.165) is 43.2 Å². The summed E-state index contributed by atoms with van der Waals surface area (Å²) in [7, 11) is 0. The summed E-state index contributed by atoms with van der Waals surface area (Å²) in [6.07, 6.45) is 9.50. The van der Waals surface area contributed by atoms with Crippen LogP contribution in [0, 0.1) is 6.92 Å². The van der Waals surface area contributed by atoms with Crippen LogP contribution in [-0.2, 0) is 4.79 Å². The number of nitrogens with one attached hydrogen (secondary N) is 1. The van der Waals surface area contributed by atoms with Crippen LogP contribution in [0.4, 0.5) is 11.8 Å². The number of amides is 1. The lowest BCUT2D eigenvalue weighted by Gasteiger charge is -2.34. The van der Waals surface area contributed by atoms with Gasteiger partial charge in [0.15, 0.2) is 5.82 Å². The summed E-state index contributed by atoms with van der Waals surface area (Å²) in [5, 5.41) is 8.64. The van der Waals surface area contributed by atoms with Crippen LogP contribution in [0.15, 0.2) is 29.3 Å². The minimum atomic E-state index is -0.101. The molecule has 1 saturated heterocycles. The van der Waals surface area contributed by atoms with E-state index in [9.17, 15) is 9.59 Å². The average Bonchev–Trinajstić information content (AvgIpc) is 3.19. The fraction of sp³-hybridized carbons (Fsp3) is 0.522. The van der Waals surface area contributed by atoms with Crippen molar-refractivity contribution in [2.45, 2.75) is 64.5 Å². The molecule has 1 aliphatic heterocycles. The van der Waals surface area contributed by atoms with Crippen LogP contribution in [0.1, 0.15) is 63.1 Å². The van der Waals surface area contributed by atoms with Gasteiger partial charge in [0, 0.05) is 49.4 Å². The number of hydrogen-bond donors (Lipinski definition) is 1. The van der Waals surface area contributed by atoms with Gasteiger partial charge in [0.2, 0.25) is 11.9 Å². The van der Waals surface area contributed by atoms with Crippen LogP contribution < -0.4 is 10.9 Å². The second-order valence-electron chi connectivity index (χ2n) is 8.85. The second kappa shape index (κ2) is 8.37. The Morgan fingerprint density at radius 2 is 2.03 bits per heavy atom. The Hall–Kier alpha value is -3.23. The number of fused-ring (bicyclic) bond motifs is 1. The molecule has 9 nitrogen and oxygen atoms in total. The summed E-state index contributed by atoms with van der Waals surface area (Å²) in [4.78, 5) is 36.4. The van der Waals surface area contributed by atoms with Gasteiger partial charge < -0.3 is 10.2 Å². The van der Waals surface area contributed by atoms with E-state index < -0.39 is 0 Å². The maximum absolute atomic E-state index is 13.0. The van der Waals surface area contributed by atoms with Crippen molar-refractivity contribution in [3.05, 3.63) is 40.4 Å². The second-order valence-corrected chi connectivity index (χ2v) is 8.85. The van der Waals surface area contributed by atoms with Crippen molar-refractivity contribution in [3.8, 4) is 0 Å². The normalized spacial score (nSPS) is 19.2. The molecule has 5 rings (SSSR count). The molecular formula is C23H29N7O2. The van der Waals surface area contributed by atoms with E-state index >= 15 is 0 Å². The molecule has 1 saturated carbocycles. The number of hydrogen-bond acceptors (Lipinski definition) is 6. The number of likely N-dealkylation sites (tertiary alicyclic amines) is 1. The summed E-state index contributed by atoms with van der Waals surface area (Å²) in [5.41, 5.74) is 1.35. The van der Waals surface area contributed by atoms with E-state index in [2.05, 4.69) is 15.4 Å². The molecule has 0 bridgehead atoms. The number of aryl methyl sites for hydroxylation is 1. The third-order valence-electron chi connectivity index (χ3n) is 6.71. The summed E-state index contributed by atoms with van der Waals surface area (Å²) in [5.74, 6) is 1.22. The fourth-order valence-corrected chi connectivity index (χ4v) is 4.67. The Morgan fingerprint density at radius 3 is 2.78 bits per heavy atom. The Kier molecular flexibility index (Phi) is 5.40. The minimum Gasteiger partial charge on any atom is -0.341 e. The minimum absolute atomic E-state index is 0.0929. The summed E-state index contributed by atoms with van der Waals surface area (Å²) >= 11 is 0. The predicted octanol–water partition coefficient (Wildman–Crippen LogP) is 3.34. The molecule has 4 heterocycles. The first-order valence-electron chi connectivity index (χ1n) is 11.5. The first-order chi connectivity index (χ1) is 15.5. The Morgan fingerprint density at radius 1 is 1.22 bits per heavy atom. The van der Waals surface area contributed by atoms with Crippen molar-refractivity contribution in [1.82, 2.24) is 29.2 Å². The Labute approximate surface area is 186 Å². The molecule has 0 radical (unpaired) electrons. The van der Waals surface area contributed by atoms with E-state index in [1.807, 2.05) is 35.7 Å². The molecule has 32 heavy (non-hydrogen) atoms. The van der Waals surface area contributed by atoms with Crippen molar-refractivity contribution in [2.75, 3.05) is 18.4 Å². The van der Waals surface area contributed by atoms with Crippen LogP contribution in [0.3, 0.4) is 0 Å². The van der Waals surface area contributed by atoms with Crippen LogP contribution in [-0.4, -0.2) is 48.2 Å². The van der Waals surface area contributed by atoms with Gasteiger partial charge in [-0.05, 0) is 44.6 Å². The molecule has 0 spiro atoms. The van der Waals surface area contributed by atoms with Gasteiger partial charge in [-0.15, -0.1) is 0 Å². The van der Waals surface area contributed by atoms with Crippen LogP contribution in [0.25, 0.3) is 11.0 Å². The molecule has 1 N–H and O–H groups in total. The average molecular weight is 436 g/mol. The molecule has 1 atom stereocenters. The Bertz CT molecular complexity index is 1210. The predicted molar refractivity (Wildman–Crippen MR) is 122 cm³/mol. The number of carbonyl (C=O) groups excluding carboxylic acids is 1. The van der Waals surface area contributed by atoms with Crippen LogP contribution in [0.2, 0.25) is 0 Å². The molecule has 1 aliphatic carbocycles. The topological polar surface area (TPSA) is 97.9 Å². The van der Waals surface area contributed by atoms with Gasteiger partial charge in [-0.3, -0.25) is 18.8 Å². The number of aromatic nitrogens is 5. The van der Waals surface area contributed by atoms with Gasteiger partial charge in [-0.25, -0.2) is 4.98 Å². The first-order valence-corrected chi connectivity index (χ1v) is 11.5. The molecule has 0 unspecified atom stereocenters. The molecule has 0 aromatic carbocycles. The third kappa shape index (κ3) is 3.76. The highest BCUT2D eigenvalue weighted by molar-refractivity contribution is 5.79. The lowest BCUT2D eigenvalue weighted by Crippen LogP contribution is -2.42. The summed E-state index contributed by atoms with van der Waals surface area (Å²) in [6, 6.07) is 3.94. The number of carbonyl (C=O) groups is 1. The quantitative estimate of drug-likeness (QED) is 0.660. The molecule has 9 heteroatoms. The summed E-state index contributed by atoms with van der Waals surface area (Å²) in [6.45, 7) is 5.05. The molecular weight excluding hydrogens is 406 g/mol. The maximum atomic E-state index is 13.0. The lowest BCUT2D eigenvalue weighted by molar-refractivity contribution is -0.132. The molecule has 2 aliphatic rings. The van der Waals surface area contributed by atoms with Crippen molar-refractivity contribution < 1.29 is 4.79 Å². The number of rotatable bonds is 5. The van der Waals surface area contributed by atoms with Crippen molar-refractivity contribution in [3.63, 3.8) is 0 Å². The maximum Gasteiger partial charge on any atom is 0.252 e. The number of pyridine rings is 1. The molecule has 3 aromatic heterocycles. The highest BCUT2D eigenvalue weighted by Crippen LogP contribution is 2.31. The highest BCUT2D eigenvalue weighted by atomic mass is 16.2. The summed E-state index contributed by atoms with van der Waals surface area (Å²) < 4.78 is 3.74. The smallest absolute Gasteiger partial charge is 0.252 e. The van der Waals surface area contributed by atoms with Crippen molar-refractivity contribution in [1.29, 1.82) is 0 Å². The standard InChI is InChI=1S/C23H29N7O2/c1-3-20(31)28-10-5-8-17(14-28)30-21(32)12-15(2)18-13-24-23(26-22(18)30)25-19-9-11-29(27-19)16-6-4-7-16/h9,11-13,16-17H,3-8,10,14H2,1-2H3,(H,24,25,26,27)/t17-/m1/s1. The van der Waals surface area contributed by atoms with E-state index in [0.29, 0.717) is 36.4 Å². The van der Waals surface area contributed by atoms with E-state index in [-0.39, 0.29) is 17.5 Å². The van der Waals surface area contributed by atoms with Gasteiger partial charge >= 0.3 is 0 Å². The van der Waals surface area contributed by atoms with E-state index in [1.54, 1.807) is 16.8 Å². The SMILES string of the molecule is CCC(=O)N1CCC[C@@H](n2c(=O)cc(C)c3cnc(Nc4ccn(C5CCC5)n4)nc32)C1. The van der Waals surface area contributed by atoms with Gasteiger partial charge in [0.25, 0.3) is 5.56 Å². The first kappa shape index (κ1) is 20.7. The van der Waals surface area contributed by atoms with Gasteiger partial charge in [-0.1, -0.05) is 6.92 Å². The molecule has 168 valence electrons. The lowest BCUT2D eigenvalue weighted by atomic mass is 9.93. The third-order valence-corrected chi connectivity index (χ3v) is 6.71. The molecule has 2 fully saturated rings. The van der Waals surface area contributed by atoms with E-state index in [1.165, 1.54) is 6.42 Å². The number of anilines is 2. The monoisotopic (exact) mass is 435 g/mol. The van der Waals surface area contributed by atoms with Crippen LogP contribution >= 0.6 is 0 Å². The van der Waals surface area contributed by atoms with Gasteiger partial charge in [-0.2, -0.15) is 10.1 Å². The zero-order chi connectivity index (χ0) is 22.2. The molecule has 3 aromatic rings. The van der Waals surface area contributed by atoms with E-state index in [4.69, 9.17) is 4.98 Å². The number of piperidine rings is 1. The van der Waals surface area contributed by atoms with Gasteiger partial charge in [0.1, 0.15) is 5.65 Å².